The van der Waals surface area contributed by atoms with Crippen molar-refractivity contribution < 1.29 is 5.11 Å². The predicted octanol–water partition coefficient (Wildman–Crippen LogP) is 2.15. The Kier molecular flexibility index (Phi) is 4.91. The highest BCUT2D eigenvalue weighted by Crippen LogP contribution is 2.43. The van der Waals surface area contributed by atoms with Gasteiger partial charge in [-0.25, -0.2) is 0 Å². The summed E-state index contributed by atoms with van der Waals surface area (Å²) in [6.45, 7) is 10.7. The second-order valence-corrected chi connectivity index (χ2v) is 7.87. The fraction of sp³-hybridized carbons (Fsp3) is 1.00. The predicted molar refractivity (Wildman–Crippen MR) is 80.2 cm³/mol. The summed E-state index contributed by atoms with van der Waals surface area (Å²) < 4.78 is 0. The Hall–Kier alpha value is -0.120. The molecule has 2 unspecified atom stereocenters. The zero-order chi connectivity index (χ0) is 13.9. The molecule has 1 aliphatic carbocycles. The van der Waals surface area contributed by atoms with Gasteiger partial charge < -0.3 is 15.7 Å². The van der Waals surface area contributed by atoms with Crippen LogP contribution in [0.4, 0.5) is 0 Å². The van der Waals surface area contributed by atoms with E-state index in [1.807, 2.05) is 0 Å². The van der Waals surface area contributed by atoms with Gasteiger partial charge in [-0.3, -0.25) is 0 Å². The number of aliphatic hydroxyl groups excluding tert-OH is 1. The number of piperidine rings is 1. The highest BCUT2D eigenvalue weighted by atomic mass is 16.3. The molecule has 1 saturated carbocycles. The first-order valence-electron chi connectivity index (χ1n) is 8.01. The van der Waals surface area contributed by atoms with E-state index in [9.17, 15) is 5.11 Å². The van der Waals surface area contributed by atoms with Gasteiger partial charge in [0.2, 0.25) is 0 Å². The van der Waals surface area contributed by atoms with E-state index in [0.717, 1.165) is 38.4 Å². The summed E-state index contributed by atoms with van der Waals surface area (Å²) in [4.78, 5) is 0. The minimum Gasteiger partial charge on any atom is -0.394 e. The molecule has 2 atom stereocenters. The molecular weight excluding hydrogens is 236 g/mol. The van der Waals surface area contributed by atoms with E-state index in [1.165, 1.54) is 19.3 Å². The normalized spacial score (nSPS) is 36.3. The average molecular weight is 268 g/mol. The van der Waals surface area contributed by atoms with Gasteiger partial charge >= 0.3 is 0 Å². The number of rotatable bonds is 4. The van der Waals surface area contributed by atoms with Crippen LogP contribution in [0.1, 0.15) is 52.9 Å². The van der Waals surface area contributed by atoms with Crippen LogP contribution >= 0.6 is 0 Å². The molecule has 1 saturated heterocycles. The standard InChI is InChI=1S/C16H32N2O/c1-13-8-15(2,3)11-16(9-13,12-19)18-10-14-4-6-17-7-5-14/h13-14,17-19H,4-12H2,1-3H3. The van der Waals surface area contributed by atoms with Crippen molar-refractivity contribution >= 4 is 0 Å². The van der Waals surface area contributed by atoms with Crippen molar-refractivity contribution in [3.63, 3.8) is 0 Å². The first-order valence-corrected chi connectivity index (χ1v) is 8.01. The first kappa shape index (κ1) is 15.3. The maximum atomic E-state index is 9.95. The van der Waals surface area contributed by atoms with E-state index in [2.05, 4.69) is 31.4 Å². The summed E-state index contributed by atoms with van der Waals surface area (Å²) in [5, 5.41) is 17.1. The van der Waals surface area contributed by atoms with Crippen molar-refractivity contribution in [2.75, 3.05) is 26.2 Å². The topological polar surface area (TPSA) is 44.3 Å². The minimum atomic E-state index is -0.0357. The lowest BCUT2D eigenvalue weighted by atomic mass is 9.64. The van der Waals surface area contributed by atoms with Gasteiger partial charge in [-0.05, 0) is 69.0 Å². The SMILES string of the molecule is CC1CC(C)(C)CC(CO)(NCC2CCNCC2)C1. The average Bonchev–Trinajstić information content (AvgIpc) is 2.35. The summed E-state index contributed by atoms with van der Waals surface area (Å²) in [5.74, 6) is 1.49. The molecule has 112 valence electrons. The van der Waals surface area contributed by atoms with Gasteiger partial charge in [0, 0.05) is 5.54 Å². The van der Waals surface area contributed by atoms with Crippen LogP contribution in [0.5, 0.6) is 0 Å². The Morgan fingerprint density at radius 1 is 1.21 bits per heavy atom. The third kappa shape index (κ3) is 4.17. The smallest absolute Gasteiger partial charge is 0.0613 e. The molecule has 0 aromatic heterocycles. The molecule has 2 aliphatic rings. The number of aliphatic hydroxyl groups is 1. The molecule has 19 heavy (non-hydrogen) atoms. The van der Waals surface area contributed by atoms with Crippen LogP contribution in [0.2, 0.25) is 0 Å². The van der Waals surface area contributed by atoms with E-state index in [1.54, 1.807) is 0 Å². The van der Waals surface area contributed by atoms with Crippen LogP contribution in [-0.2, 0) is 0 Å². The van der Waals surface area contributed by atoms with Crippen molar-refractivity contribution in [1.29, 1.82) is 0 Å². The summed E-state index contributed by atoms with van der Waals surface area (Å²) >= 11 is 0. The Morgan fingerprint density at radius 2 is 1.89 bits per heavy atom. The zero-order valence-corrected chi connectivity index (χ0v) is 13.0. The Bertz CT molecular complexity index is 286. The lowest BCUT2D eigenvalue weighted by Gasteiger charge is -2.48. The highest BCUT2D eigenvalue weighted by Gasteiger charge is 2.42. The molecule has 0 amide bonds. The van der Waals surface area contributed by atoms with Gasteiger partial charge in [-0.15, -0.1) is 0 Å². The maximum absolute atomic E-state index is 9.95. The van der Waals surface area contributed by atoms with Gasteiger partial charge in [0.15, 0.2) is 0 Å². The fourth-order valence-electron chi connectivity index (χ4n) is 4.50. The van der Waals surface area contributed by atoms with Crippen LogP contribution in [0.3, 0.4) is 0 Å². The van der Waals surface area contributed by atoms with Gasteiger partial charge in [-0.2, -0.15) is 0 Å². The summed E-state index contributed by atoms with van der Waals surface area (Å²) in [7, 11) is 0. The Balaban J connectivity index is 1.93. The monoisotopic (exact) mass is 268 g/mol. The molecule has 0 aromatic carbocycles. The molecule has 3 heteroatoms. The van der Waals surface area contributed by atoms with Crippen molar-refractivity contribution in [2.24, 2.45) is 17.3 Å². The minimum absolute atomic E-state index is 0.0357. The third-order valence-electron chi connectivity index (χ3n) is 4.98. The van der Waals surface area contributed by atoms with E-state index < -0.39 is 0 Å². The van der Waals surface area contributed by atoms with Crippen LogP contribution in [0, 0.1) is 17.3 Å². The van der Waals surface area contributed by atoms with Gasteiger partial charge in [0.25, 0.3) is 0 Å². The summed E-state index contributed by atoms with van der Waals surface area (Å²) in [6.07, 6.45) is 6.05. The van der Waals surface area contributed by atoms with Crippen molar-refractivity contribution in [1.82, 2.24) is 10.6 Å². The first-order chi connectivity index (χ1) is 8.95. The number of hydrogen-bond donors (Lipinski definition) is 3. The molecule has 1 heterocycles. The van der Waals surface area contributed by atoms with Crippen molar-refractivity contribution in [2.45, 2.75) is 58.4 Å². The van der Waals surface area contributed by atoms with Gasteiger partial charge in [0.05, 0.1) is 6.61 Å². The second-order valence-electron chi connectivity index (χ2n) is 7.87. The van der Waals surface area contributed by atoms with Crippen LogP contribution in [0.25, 0.3) is 0 Å². The molecule has 0 aromatic rings. The quantitative estimate of drug-likeness (QED) is 0.732. The maximum Gasteiger partial charge on any atom is 0.0613 e. The van der Waals surface area contributed by atoms with Gasteiger partial charge in [-0.1, -0.05) is 20.8 Å². The number of hydrogen-bond acceptors (Lipinski definition) is 3. The third-order valence-corrected chi connectivity index (χ3v) is 4.98. The van der Waals surface area contributed by atoms with E-state index in [4.69, 9.17) is 0 Å². The zero-order valence-electron chi connectivity index (χ0n) is 13.0. The Labute approximate surface area is 118 Å². The molecule has 1 aliphatic heterocycles. The molecule has 2 fully saturated rings. The molecule has 3 N–H and O–H groups in total. The molecular formula is C16H32N2O. The lowest BCUT2D eigenvalue weighted by Crippen LogP contribution is -2.56. The van der Waals surface area contributed by atoms with E-state index in [0.29, 0.717) is 11.3 Å². The molecule has 0 bridgehead atoms. The molecule has 0 spiro atoms. The van der Waals surface area contributed by atoms with E-state index in [-0.39, 0.29) is 12.1 Å². The van der Waals surface area contributed by atoms with Crippen molar-refractivity contribution in [3.05, 3.63) is 0 Å². The van der Waals surface area contributed by atoms with Gasteiger partial charge in [0.1, 0.15) is 0 Å². The van der Waals surface area contributed by atoms with Crippen LogP contribution < -0.4 is 10.6 Å². The van der Waals surface area contributed by atoms with E-state index >= 15 is 0 Å². The summed E-state index contributed by atoms with van der Waals surface area (Å²) in [6, 6.07) is 0. The molecule has 2 rings (SSSR count). The van der Waals surface area contributed by atoms with Crippen molar-refractivity contribution in [3.8, 4) is 0 Å². The highest BCUT2D eigenvalue weighted by molar-refractivity contribution is 4.99. The number of nitrogens with one attached hydrogen (secondary N) is 2. The summed E-state index contributed by atoms with van der Waals surface area (Å²) in [5.41, 5.74) is 0.313. The molecule has 0 radical (unpaired) electrons. The fourth-order valence-corrected chi connectivity index (χ4v) is 4.50. The Morgan fingerprint density at radius 3 is 2.47 bits per heavy atom. The van der Waals surface area contributed by atoms with Crippen LogP contribution in [0.15, 0.2) is 0 Å². The lowest BCUT2D eigenvalue weighted by molar-refractivity contribution is 0.0329. The molecule has 3 nitrogen and oxygen atoms in total. The largest absolute Gasteiger partial charge is 0.394 e. The van der Waals surface area contributed by atoms with Crippen LogP contribution in [-0.4, -0.2) is 36.9 Å². The second kappa shape index (κ2) is 6.11.